The Morgan fingerprint density at radius 1 is 1.22 bits per heavy atom. The average Bonchev–Trinajstić information content (AvgIpc) is 2.38. The third-order valence-corrected chi connectivity index (χ3v) is 3.57. The van der Waals surface area contributed by atoms with Crippen molar-refractivity contribution >= 4 is 10.2 Å². The fourth-order valence-corrected chi connectivity index (χ4v) is 1.97. The molecule has 2 N–H and O–H groups in total. The van der Waals surface area contributed by atoms with Crippen LogP contribution in [0.15, 0.2) is 18.2 Å². The molecule has 0 aromatic heterocycles. The van der Waals surface area contributed by atoms with Gasteiger partial charge in [-0.25, -0.2) is 9.44 Å². The highest BCUT2D eigenvalue weighted by molar-refractivity contribution is 7.87. The molecule has 1 aromatic rings. The monoisotopic (exact) mass is 274 g/mol. The predicted molar refractivity (Wildman–Crippen MR) is 69.2 cm³/mol. The predicted octanol–water partition coefficient (Wildman–Crippen LogP) is 0.300. The minimum Gasteiger partial charge on any atom is -0.497 e. The van der Waals surface area contributed by atoms with Gasteiger partial charge >= 0.3 is 0 Å². The lowest BCUT2D eigenvalue weighted by Crippen LogP contribution is -2.35. The summed E-state index contributed by atoms with van der Waals surface area (Å²) in [5.41, 5.74) is 0.914. The standard InChI is InChI=1S/C11H18N2O4S/c1-12-18(14,15)13-7-6-9-4-5-10(16-2)8-11(9)17-3/h4-5,8,12-13H,6-7H2,1-3H3. The summed E-state index contributed by atoms with van der Waals surface area (Å²) in [6, 6.07) is 5.43. The number of nitrogens with one attached hydrogen (secondary N) is 2. The first kappa shape index (κ1) is 14.7. The number of hydrogen-bond acceptors (Lipinski definition) is 4. The molecule has 1 rings (SSSR count). The zero-order chi connectivity index (χ0) is 13.6. The lowest BCUT2D eigenvalue weighted by molar-refractivity contribution is 0.391. The summed E-state index contributed by atoms with van der Waals surface area (Å²) in [6.07, 6.45) is 0.536. The Balaban J connectivity index is 2.67. The van der Waals surface area contributed by atoms with Crippen molar-refractivity contribution in [2.45, 2.75) is 6.42 Å². The van der Waals surface area contributed by atoms with E-state index in [1.807, 2.05) is 12.1 Å². The second kappa shape index (κ2) is 6.58. The maximum Gasteiger partial charge on any atom is 0.276 e. The van der Waals surface area contributed by atoms with Gasteiger partial charge in [-0.15, -0.1) is 0 Å². The quantitative estimate of drug-likeness (QED) is 0.750. The number of rotatable bonds is 7. The van der Waals surface area contributed by atoms with Gasteiger partial charge in [0, 0.05) is 19.7 Å². The van der Waals surface area contributed by atoms with Gasteiger partial charge in [-0.1, -0.05) is 6.07 Å². The van der Waals surface area contributed by atoms with E-state index < -0.39 is 10.2 Å². The van der Waals surface area contributed by atoms with Crippen molar-refractivity contribution in [3.05, 3.63) is 23.8 Å². The number of benzene rings is 1. The molecule has 0 amide bonds. The molecule has 0 radical (unpaired) electrons. The highest BCUT2D eigenvalue weighted by Gasteiger charge is 2.08. The summed E-state index contributed by atoms with van der Waals surface area (Å²) in [6.45, 7) is 0.297. The van der Waals surface area contributed by atoms with Crippen LogP contribution < -0.4 is 18.9 Å². The van der Waals surface area contributed by atoms with Crippen LogP contribution in [0.4, 0.5) is 0 Å². The van der Waals surface area contributed by atoms with Gasteiger partial charge in [0.05, 0.1) is 14.2 Å². The molecular formula is C11H18N2O4S. The van der Waals surface area contributed by atoms with Crippen molar-refractivity contribution < 1.29 is 17.9 Å². The van der Waals surface area contributed by atoms with Crippen molar-refractivity contribution in [3.63, 3.8) is 0 Å². The van der Waals surface area contributed by atoms with Crippen LogP contribution >= 0.6 is 0 Å². The van der Waals surface area contributed by atoms with E-state index >= 15 is 0 Å². The summed E-state index contributed by atoms with van der Waals surface area (Å²) in [5.74, 6) is 1.38. The number of methoxy groups -OCH3 is 2. The maximum absolute atomic E-state index is 11.2. The van der Waals surface area contributed by atoms with Gasteiger partial charge in [-0.3, -0.25) is 0 Å². The molecule has 0 saturated heterocycles. The summed E-state index contributed by atoms with van der Waals surface area (Å²) in [7, 11) is 1.11. The third-order valence-electron chi connectivity index (χ3n) is 2.45. The molecule has 0 bridgehead atoms. The minimum absolute atomic E-state index is 0.297. The Labute approximate surface area is 107 Å². The highest BCUT2D eigenvalue weighted by Crippen LogP contribution is 2.24. The van der Waals surface area contributed by atoms with Crippen molar-refractivity contribution in [3.8, 4) is 11.5 Å². The van der Waals surface area contributed by atoms with Crippen molar-refractivity contribution in [2.24, 2.45) is 0 Å². The van der Waals surface area contributed by atoms with E-state index in [9.17, 15) is 8.42 Å². The molecule has 18 heavy (non-hydrogen) atoms. The summed E-state index contributed by atoms with van der Waals surface area (Å²) < 4.78 is 37.2. The molecule has 7 heteroatoms. The largest absolute Gasteiger partial charge is 0.497 e. The van der Waals surface area contributed by atoms with Gasteiger partial charge < -0.3 is 9.47 Å². The molecule has 0 atom stereocenters. The first-order chi connectivity index (χ1) is 8.52. The Hall–Kier alpha value is -1.31. The summed E-state index contributed by atoms with van der Waals surface area (Å²) in [4.78, 5) is 0. The van der Waals surface area contributed by atoms with Crippen LogP contribution in [0, 0.1) is 0 Å². The zero-order valence-electron chi connectivity index (χ0n) is 10.7. The van der Waals surface area contributed by atoms with Crippen LogP contribution in [-0.4, -0.2) is 36.2 Å². The normalized spacial score (nSPS) is 11.3. The Morgan fingerprint density at radius 3 is 2.50 bits per heavy atom. The smallest absolute Gasteiger partial charge is 0.276 e. The molecule has 0 fully saturated rings. The molecule has 0 spiro atoms. The van der Waals surface area contributed by atoms with Gasteiger partial charge in [-0.05, 0) is 18.1 Å². The van der Waals surface area contributed by atoms with Gasteiger partial charge in [0.2, 0.25) is 0 Å². The summed E-state index contributed by atoms with van der Waals surface area (Å²) >= 11 is 0. The number of hydrogen-bond donors (Lipinski definition) is 2. The zero-order valence-corrected chi connectivity index (χ0v) is 11.5. The summed E-state index contributed by atoms with van der Waals surface area (Å²) in [5, 5.41) is 0. The topological polar surface area (TPSA) is 76.7 Å². The first-order valence-electron chi connectivity index (χ1n) is 5.41. The molecule has 0 aliphatic heterocycles. The molecule has 0 heterocycles. The van der Waals surface area contributed by atoms with Crippen molar-refractivity contribution in [1.29, 1.82) is 0 Å². The molecule has 0 saturated carbocycles. The average molecular weight is 274 g/mol. The van der Waals surface area contributed by atoms with Gasteiger partial charge in [-0.2, -0.15) is 8.42 Å². The Bertz CT molecular complexity index is 488. The van der Waals surface area contributed by atoms with E-state index in [4.69, 9.17) is 9.47 Å². The lowest BCUT2D eigenvalue weighted by atomic mass is 10.1. The third kappa shape index (κ3) is 4.17. The van der Waals surface area contributed by atoms with Gasteiger partial charge in [0.15, 0.2) is 0 Å². The van der Waals surface area contributed by atoms with E-state index in [1.54, 1.807) is 20.3 Å². The highest BCUT2D eigenvalue weighted by atomic mass is 32.2. The SMILES string of the molecule is CNS(=O)(=O)NCCc1ccc(OC)cc1OC. The number of ether oxygens (including phenoxy) is 2. The van der Waals surface area contributed by atoms with Crippen molar-refractivity contribution in [2.75, 3.05) is 27.8 Å². The van der Waals surface area contributed by atoms with Crippen LogP contribution in [0.2, 0.25) is 0 Å². The fraction of sp³-hybridized carbons (Fsp3) is 0.455. The van der Waals surface area contributed by atoms with Gasteiger partial charge in [0.1, 0.15) is 11.5 Å². The molecule has 0 aliphatic rings. The Kier molecular flexibility index (Phi) is 5.39. The minimum atomic E-state index is -3.39. The molecule has 1 aromatic carbocycles. The Morgan fingerprint density at radius 2 is 1.94 bits per heavy atom. The second-order valence-corrected chi connectivity index (χ2v) is 5.23. The van der Waals surface area contributed by atoms with Crippen LogP contribution in [0.25, 0.3) is 0 Å². The van der Waals surface area contributed by atoms with Crippen LogP contribution in [0.1, 0.15) is 5.56 Å². The molecule has 102 valence electrons. The van der Waals surface area contributed by atoms with E-state index in [1.165, 1.54) is 7.05 Å². The van der Waals surface area contributed by atoms with Crippen LogP contribution in [0.3, 0.4) is 0 Å². The van der Waals surface area contributed by atoms with E-state index in [2.05, 4.69) is 9.44 Å². The second-order valence-electron chi connectivity index (χ2n) is 3.53. The van der Waals surface area contributed by atoms with Crippen LogP contribution in [0.5, 0.6) is 11.5 Å². The molecular weight excluding hydrogens is 256 g/mol. The van der Waals surface area contributed by atoms with E-state index in [0.717, 1.165) is 5.56 Å². The fourth-order valence-electron chi connectivity index (χ4n) is 1.45. The lowest BCUT2D eigenvalue weighted by Gasteiger charge is -2.10. The first-order valence-corrected chi connectivity index (χ1v) is 6.89. The van der Waals surface area contributed by atoms with E-state index in [0.29, 0.717) is 24.5 Å². The molecule has 0 aliphatic carbocycles. The van der Waals surface area contributed by atoms with Gasteiger partial charge in [0.25, 0.3) is 10.2 Å². The van der Waals surface area contributed by atoms with Crippen LogP contribution in [-0.2, 0) is 16.6 Å². The maximum atomic E-state index is 11.2. The van der Waals surface area contributed by atoms with Crippen molar-refractivity contribution in [1.82, 2.24) is 9.44 Å². The molecule has 6 nitrogen and oxygen atoms in total. The van der Waals surface area contributed by atoms with E-state index in [-0.39, 0.29) is 0 Å². The molecule has 0 unspecified atom stereocenters.